The van der Waals surface area contributed by atoms with E-state index in [4.69, 9.17) is 5.73 Å². The van der Waals surface area contributed by atoms with E-state index in [0.29, 0.717) is 12.6 Å². The average Bonchev–Trinajstić information content (AvgIpc) is 2.64. The Bertz CT molecular complexity index is 404. The molecule has 2 saturated heterocycles. The fourth-order valence-electron chi connectivity index (χ4n) is 3.15. The molecule has 2 aliphatic rings. The first-order valence-electron chi connectivity index (χ1n) is 6.77. The van der Waals surface area contributed by atoms with Crippen molar-refractivity contribution >= 4 is 5.82 Å². The van der Waals surface area contributed by atoms with Crippen LogP contribution in [0.25, 0.3) is 0 Å². The third-order valence-electron chi connectivity index (χ3n) is 4.39. The highest BCUT2D eigenvalue weighted by Gasteiger charge is 2.34. The zero-order chi connectivity index (χ0) is 12.5. The van der Waals surface area contributed by atoms with Gasteiger partial charge in [-0.15, -0.1) is 5.10 Å². The van der Waals surface area contributed by atoms with Crippen LogP contribution in [0.3, 0.4) is 0 Å². The molecule has 0 aromatic carbocycles. The fraction of sp³-hybridized carbons (Fsp3) is 0.692. The average molecular weight is 247 g/mol. The Morgan fingerprint density at radius 1 is 1.22 bits per heavy atom. The van der Waals surface area contributed by atoms with Gasteiger partial charge in [-0.3, -0.25) is 4.90 Å². The molecule has 5 nitrogen and oxygen atoms in total. The fourth-order valence-corrected chi connectivity index (χ4v) is 3.15. The Kier molecular flexibility index (Phi) is 3.18. The maximum atomic E-state index is 5.55. The van der Waals surface area contributed by atoms with E-state index in [9.17, 15) is 0 Å². The van der Waals surface area contributed by atoms with E-state index in [2.05, 4.69) is 27.0 Å². The zero-order valence-corrected chi connectivity index (χ0v) is 10.9. The van der Waals surface area contributed by atoms with E-state index in [-0.39, 0.29) is 0 Å². The van der Waals surface area contributed by atoms with Crippen LogP contribution in [0.4, 0.5) is 5.82 Å². The largest absolute Gasteiger partial charge is 0.354 e. The smallest absolute Gasteiger partial charge is 0.151 e. The van der Waals surface area contributed by atoms with E-state index in [1.807, 2.05) is 12.1 Å². The molecule has 0 amide bonds. The van der Waals surface area contributed by atoms with Crippen LogP contribution in [-0.2, 0) is 6.54 Å². The first kappa shape index (κ1) is 11.9. The first-order chi connectivity index (χ1) is 8.78. The van der Waals surface area contributed by atoms with Crippen molar-refractivity contribution in [1.82, 2.24) is 15.1 Å². The lowest BCUT2D eigenvalue weighted by Crippen LogP contribution is -2.37. The molecule has 0 saturated carbocycles. The molecule has 2 fully saturated rings. The molecule has 0 radical (unpaired) electrons. The molecule has 1 aromatic rings. The van der Waals surface area contributed by atoms with Gasteiger partial charge in [0.2, 0.25) is 0 Å². The number of nitrogens with zero attached hydrogens (tertiary/aromatic N) is 4. The highest BCUT2D eigenvalue weighted by Crippen LogP contribution is 2.29. The summed E-state index contributed by atoms with van der Waals surface area (Å²) in [6, 6.07) is 5.47. The molecule has 2 atom stereocenters. The minimum Gasteiger partial charge on any atom is -0.354 e. The van der Waals surface area contributed by atoms with Crippen molar-refractivity contribution in [1.29, 1.82) is 0 Å². The lowest BCUT2D eigenvalue weighted by molar-refractivity contribution is 0.254. The standard InChI is InChI=1S/C13H21N5/c1-17-11-3-4-12(17)9-18(7-6-11)13-5-2-10(8-14)15-16-13/h2,5,11-12H,3-4,6-9,14H2,1H3. The normalized spacial score (nSPS) is 28.4. The van der Waals surface area contributed by atoms with Gasteiger partial charge in [-0.25, -0.2) is 0 Å². The molecule has 2 unspecified atom stereocenters. The SMILES string of the molecule is CN1C2CCC1CN(c1ccc(CN)nn1)CC2. The number of fused-ring (bicyclic) bond motifs is 2. The van der Waals surface area contributed by atoms with Gasteiger partial charge in [0.1, 0.15) is 0 Å². The number of nitrogens with two attached hydrogens (primary N) is 1. The molecule has 5 heteroatoms. The maximum Gasteiger partial charge on any atom is 0.151 e. The van der Waals surface area contributed by atoms with E-state index in [1.165, 1.54) is 19.3 Å². The molecule has 0 spiro atoms. The van der Waals surface area contributed by atoms with Gasteiger partial charge in [0.25, 0.3) is 0 Å². The highest BCUT2D eigenvalue weighted by atomic mass is 15.3. The van der Waals surface area contributed by atoms with Gasteiger partial charge in [0.05, 0.1) is 5.69 Å². The Morgan fingerprint density at radius 2 is 2.06 bits per heavy atom. The molecule has 3 rings (SSSR count). The van der Waals surface area contributed by atoms with Gasteiger partial charge in [-0.05, 0) is 38.4 Å². The van der Waals surface area contributed by atoms with Crippen LogP contribution in [-0.4, -0.2) is 47.3 Å². The lowest BCUT2D eigenvalue weighted by Gasteiger charge is -2.26. The minimum atomic E-state index is 0.459. The van der Waals surface area contributed by atoms with E-state index < -0.39 is 0 Å². The molecule has 2 aliphatic heterocycles. The molecule has 0 aliphatic carbocycles. The van der Waals surface area contributed by atoms with Crippen molar-refractivity contribution in [3.05, 3.63) is 17.8 Å². The number of anilines is 1. The molecular formula is C13H21N5. The monoisotopic (exact) mass is 247 g/mol. The maximum absolute atomic E-state index is 5.55. The molecular weight excluding hydrogens is 226 g/mol. The van der Waals surface area contributed by atoms with Gasteiger partial charge >= 0.3 is 0 Å². The second-order valence-electron chi connectivity index (χ2n) is 5.37. The number of rotatable bonds is 2. The van der Waals surface area contributed by atoms with Crippen LogP contribution in [0.5, 0.6) is 0 Å². The van der Waals surface area contributed by atoms with Crippen molar-refractivity contribution in [2.45, 2.75) is 37.9 Å². The summed E-state index contributed by atoms with van der Waals surface area (Å²) in [5, 5.41) is 8.45. The summed E-state index contributed by atoms with van der Waals surface area (Å²) in [7, 11) is 2.26. The number of aromatic nitrogens is 2. The molecule has 2 bridgehead atoms. The van der Waals surface area contributed by atoms with Crippen molar-refractivity contribution in [3.8, 4) is 0 Å². The molecule has 98 valence electrons. The van der Waals surface area contributed by atoms with Gasteiger partial charge in [-0.1, -0.05) is 0 Å². The minimum absolute atomic E-state index is 0.459. The predicted octanol–water partition coefficient (Wildman–Crippen LogP) is 0.608. The summed E-state index contributed by atoms with van der Waals surface area (Å²) in [5.41, 5.74) is 6.40. The topological polar surface area (TPSA) is 58.3 Å². The Balaban J connectivity index is 1.76. The summed E-state index contributed by atoms with van der Waals surface area (Å²) in [5.74, 6) is 0.994. The van der Waals surface area contributed by atoms with Crippen molar-refractivity contribution in [2.24, 2.45) is 5.73 Å². The van der Waals surface area contributed by atoms with E-state index in [1.54, 1.807) is 0 Å². The lowest BCUT2D eigenvalue weighted by atomic mass is 10.1. The molecule has 3 heterocycles. The van der Waals surface area contributed by atoms with E-state index in [0.717, 1.165) is 30.6 Å². The predicted molar refractivity (Wildman–Crippen MR) is 71.3 cm³/mol. The third kappa shape index (κ3) is 2.08. The van der Waals surface area contributed by atoms with E-state index >= 15 is 0 Å². The summed E-state index contributed by atoms with van der Waals surface area (Å²) in [6.07, 6.45) is 3.89. The van der Waals surface area contributed by atoms with Crippen LogP contribution < -0.4 is 10.6 Å². The quantitative estimate of drug-likeness (QED) is 0.829. The zero-order valence-electron chi connectivity index (χ0n) is 10.9. The molecule has 2 N–H and O–H groups in total. The van der Waals surface area contributed by atoms with Gasteiger partial charge in [0.15, 0.2) is 5.82 Å². The summed E-state index contributed by atoms with van der Waals surface area (Å²) in [6.45, 7) is 2.62. The van der Waals surface area contributed by atoms with Crippen molar-refractivity contribution in [3.63, 3.8) is 0 Å². The van der Waals surface area contributed by atoms with Crippen LogP contribution in [0.2, 0.25) is 0 Å². The summed E-state index contributed by atoms with van der Waals surface area (Å²) < 4.78 is 0. The van der Waals surface area contributed by atoms with Crippen molar-refractivity contribution in [2.75, 3.05) is 25.0 Å². The van der Waals surface area contributed by atoms with Gasteiger partial charge in [0, 0.05) is 31.7 Å². The first-order valence-corrected chi connectivity index (χ1v) is 6.77. The summed E-state index contributed by atoms with van der Waals surface area (Å²) in [4.78, 5) is 4.91. The Morgan fingerprint density at radius 3 is 2.78 bits per heavy atom. The van der Waals surface area contributed by atoms with Gasteiger partial charge < -0.3 is 10.6 Å². The van der Waals surface area contributed by atoms with Crippen LogP contribution in [0, 0.1) is 0 Å². The third-order valence-corrected chi connectivity index (χ3v) is 4.39. The highest BCUT2D eigenvalue weighted by molar-refractivity contribution is 5.38. The number of hydrogen-bond acceptors (Lipinski definition) is 5. The summed E-state index contributed by atoms with van der Waals surface area (Å²) >= 11 is 0. The second kappa shape index (κ2) is 4.82. The van der Waals surface area contributed by atoms with Gasteiger partial charge in [-0.2, -0.15) is 5.10 Å². The van der Waals surface area contributed by atoms with Crippen molar-refractivity contribution < 1.29 is 0 Å². The van der Waals surface area contributed by atoms with Crippen LogP contribution in [0.1, 0.15) is 25.0 Å². The molecule has 18 heavy (non-hydrogen) atoms. The Hall–Kier alpha value is -1.20. The number of likely N-dealkylation sites (N-methyl/N-ethyl adjacent to an activating group) is 1. The number of hydrogen-bond donors (Lipinski definition) is 1. The Labute approximate surface area is 108 Å². The molecule has 1 aromatic heterocycles. The second-order valence-corrected chi connectivity index (χ2v) is 5.37. The van der Waals surface area contributed by atoms with Crippen LogP contribution in [0.15, 0.2) is 12.1 Å². The van der Waals surface area contributed by atoms with Crippen LogP contribution >= 0.6 is 0 Å².